The normalized spacial score (nSPS) is 12.6. The van der Waals surface area contributed by atoms with E-state index in [9.17, 15) is 13.2 Å². The van der Waals surface area contributed by atoms with Crippen LogP contribution in [0.1, 0.15) is 71.1 Å². The van der Waals surface area contributed by atoms with Gasteiger partial charge in [-0.3, -0.25) is 0 Å². The summed E-state index contributed by atoms with van der Waals surface area (Å²) in [5.41, 5.74) is -5.65. The zero-order chi connectivity index (χ0) is 20.7. The highest BCUT2D eigenvalue weighted by Gasteiger charge is 2.36. The molecule has 1 N–H and O–H groups in total. The lowest BCUT2D eigenvalue weighted by Crippen LogP contribution is -2.42. The highest BCUT2D eigenvalue weighted by atomic mass is 32.2. The Morgan fingerprint density at radius 2 is 1.19 bits per heavy atom. The molecule has 26 heavy (non-hydrogen) atoms. The van der Waals surface area contributed by atoms with Gasteiger partial charge in [-0.2, -0.15) is 13.2 Å². The highest BCUT2D eigenvalue weighted by Crippen LogP contribution is 2.20. The first-order valence-electron chi connectivity index (χ1n) is 9.32. The van der Waals surface area contributed by atoms with Crippen LogP contribution < -0.4 is 0 Å². The SMILES string of the molecule is CCCCCCCCCCCC[N+](C)(C)CCO.O=S(=O)([O-])C(F)(F)F. The quantitative estimate of drug-likeness (QED) is 0.216. The van der Waals surface area contributed by atoms with Crippen molar-refractivity contribution >= 4 is 10.1 Å². The molecule has 0 bridgehead atoms. The van der Waals surface area contributed by atoms with Crippen molar-refractivity contribution in [2.24, 2.45) is 0 Å². The molecule has 0 aromatic rings. The number of likely N-dealkylation sites (N-methyl/N-ethyl adjacent to an activating group) is 1. The topological polar surface area (TPSA) is 77.4 Å². The first kappa shape index (κ1) is 27.8. The molecule has 0 radical (unpaired) electrons. The van der Waals surface area contributed by atoms with Crippen molar-refractivity contribution in [2.75, 3.05) is 33.8 Å². The van der Waals surface area contributed by atoms with Gasteiger partial charge < -0.3 is 14.1 Å². The number of rotatable bonds is 13. The number of halogens is 3. The summed E-state index contributed by atoms with van der Waals surface area (Å²) < 4.78 is 59.9. The standard InChI is InChI=1S/C16H36NO.CHF3O3S/c1-4-5-6-7-8-9-10-11-12-13-14-17(2,3)15-16-18;2-1(3,4)8(5,6)7/h18H,4-16H2,1-3H3;(H,5,6,7)/q+1;/p-1. The van der Waals surface area contributed by atoms with Crippen molar-refractivity contribution in [3.8, 4) is 0 Å². The van der Waals surface area contributed by atoms with E-state index in [1.54, 1.807) is 0 Å². The Morgan fingerprint density at radius 1 is 0.846 bits per heavy atom. The summed E-state index contributed by atoms with van der Waals surface area (Å²) >= 11 is 0. The van der Waals surface area contributed by atoms with Gasteiger partial charge in [0, 0.05) is 0 Å². The van der Waals surface area contributed by atoms with Crippen molar-refractivity contribution in [3.63, 3.8) is 0 Å². The lowest BCUT2D eigenvalue weighted by atomic mass is 10.1. The Kier molecular flexibility index (Phi) is 15.7. The molecule has 0 saturated carbocycles. The number of aliphatic hydroxyl groups is 1. The maximum absolute atomic E-state index is 10.7. The van der Waals surface area contributed by atoms with Crippen LogP contribution >= 0.6 is 0 Å². The molecule has 0 aromatic heterocycles. The molecular weight excluding hydrogens is 371 g/mol. The van der Waals surface area contributed by atoms with E-state index in [0.717, 1.165) is 11.0 Å². The molecule has 0 spiro atoms. The molecule has 0 aromatic carbocycles. The van der Waals surface area contributed by atoms with E-state index >= 15 is 0 Å². The number of hydrogen-bond donors (Lipinski definition) is 1. The van der Waals surface area contributed by atoms with Gasteiger partial charge in [0.25, 0.3) is 0 Å². The molecule has 0 aliphatic heterocycles. The van der Waals surface area contributed by atoms with Crippen LogP contribution in [0, 0.1) is 0 Å². The summed E-state index contributed by atoms with van der Waals surface area (Å²) in [5, 5.41) is 8.95. The van der Waals surface area contributed by atoms with E-state index in [1.807, 2.05) is 0 Å². The minimum Gasteiger partial charge on any atom is -0.741 e. The van der Waals surface area contributed by atoms with Gasteiger partial charge in [-0.1, -0.05) is 58.3 Å². The fraction of sp³-hybridized carbons (Fsp3) is 1.00. The predicted molar refractivity (Wildman–Crippen MR) is 96.5 cm³/mol. The molecule has 0 rings (SSSR count). The second-order valence-corrected chi connectivity index (χ2v) is 8.56. The Hall–Kier alpha value is -0.380. The van der Waals surface area contributed by atoms with Crippen molar-refractivity contribution in [1.82, 2.24) is 0 Å². The summed E-state index contributed by atoms with van der Waals surface area (Å²) in [4.78, 5) is 0. The zero-order valence-corrected chi connectivity index (χ0v) is 17.2. The van der Waals surface area contributed by atoms with E-state index in [4.69, 9.17) is 18.1 Å². The Labute approximate surface area is 156 Å². The maximum Gasteiger partial charge on any atom is 0.485 e. The van der Waals surface area contributed by atoms with Gasteiger partial charge >= 0.3 is 5.51 Å². The van der Waals surface area contributed by atoms with Crippen LogP contribution in [0.2, 0.25) is 0 Å². The predicted octanol–water partition coefficient (Wildman–Crippen LogP) is 4.03. The largest absolute Gasteiger partial charge is 0.741 e. The van der Waals surface area contributed by atoms with Gasteiger partial charge in [0.1, 0.15) is 6.54 Å². The molecule has 160 valence electrons. The molecule has 0 aliphatic carbocycles. The molecule has 0 atom stereocenters. The van der Waals surface area contributed by atoms with Crippen molar-refractivity contribution < 1.29 is 35.7 Å². The van der Waals surface area contributed by atoms with E-state index in [0.29, 0.717) is 6.61 Å². The second-order valence-electron chi connectivity index (χ2n) is 7.19. The molecular formula is C17H36F3NO4S. The number of quaternary nitrogens is 1. The van der Waals surface area contributed by atoms with Gasteiger partial charge in [0.05, 0.1) is 27.2 Å². The Balaban J connectivity index is 0. The number of nitrogens with zero attached hydrogens (tertiary/aromatic N) is 1. The minimum atomic E-state index is -6.09. The Bertz CT molecular complexity index is 426. The van der Waals surface area contributed by atoms with Crippen LogP contribution in [0.15, 0.2) is 0 Å². The van der Waals surface area contributed by atoms with Crippen LogP contribution in [0.3, 0.4) is 0 Å². The highest BCUT2D eigenvalue weighted by molar-refractivity contribution is 7.86. The smallest absolute Gasteiger partial charge is 0.485 e. The van der Waals surface area contributed by atoms with E-state index in [1.165, 1.54) is 70.8 Å². The third kappa shape index (κ3) is 18.4. The van der Waals surface area contributed by atoms with Crippen LogP contribution in [-0.4, -0.2) is 61.9 Å². The second kappa shape index (κ2) is 14.6. The van der Waals surface area contributed by atoms with Crippen molar-refractivity contribution in [3.05, 3.63) is 0 Å². The fourth-order valence-corrected chi connectivity index (χ4v) is 2.41. The van der Waals surface area contributed by atoms with E-state index in [2.05, 4.69) is 21.0 Å². The average molecular weight is 408 g/mol. The van der Waals surface area contributed by atoms with Crippen molar-refractivity contribution in [2.45, 2.75) is 76.6 Å². The molecule has 5 nitrogen and oxygen atoms in total. The first-order valence-corrected chi connectivity index (χ1v) is 10.7. The summed E-state index contributed by atoms with van der Waals surface area (Å²) in [5.74, 6) is 0. The van der Waals surface area contributed by atoms with Gasteiger partial charge in [-0.05, 0) is 12.8 Å². The maximum atomic E-state index is 10.7. The zero-order valence-electron chi connectivity index (χ0n) is 16.4. The number of hydrogen-bond acceptors (Lipinski definition) is 4. The van der Waals surface area contributed by atoms with E-state index < -0.39 is 15.6 Å². The number of unbranched alkanes of at least 4 members (excludes halogenated alkanes) is 9. The van der Waals surface area contributed by atoms with Crippen molar-refractivity contribution in [1.29, 1.82) is 0 Å². The van der Waals surface area contributed by atoms with Crippen LogP contribution in [0.5, 0.6) is 0 Å². The summed E-state index contributed by atoms with van der Waals surface area (Å²) in [7, 11) is -1.67. The summed E-state index contributed by atoms with van der Waals surface area (Å²) in [6, 6.07) is 0. The van der Waals surface area contributed by atoms with Crippen LogP contribution in [0.4, 0.5) is 13.2 Å². The van der Waals surface area contributed by atoms with Gasteiger partial charge in [0.2, 0.25) is 0 Å². The summed E-state index contributed by atoms with van der Waals surface area (Å²) in [6.45, 7) is 4.68. The monoisotopic (exact) mass is 407 g/mol. The Morgan fingerprint density at radius 3 is 1.50 bits per heavy atom. The third-order valence-corrected chi connectivity index (χ3v) is 4.67. The molecule has 0 saturated heterocycles. The fourth-order valence-electron chi connectivity index (χ4n) is 2.41. The first-order chi connectivity index (χ1) is 11.9. The molecule has 0 fully saturated rings. The lowest BCUT2D eigenvalue weighted by molar-refractivity contribution is -0.890. The van der Waals surface area contributed by atoms with Crippen LogP contribution in [-0.2, 0) is 10.1 Å². The average Bonchev–Trinajstić information content (AvgIpc) is 2.47. The lowest BCUT2D eigenvalue weighted by Gasteiger charge is -2.28. The summed E-state index contributed by atoms with van der Waals surface area (Å²) in [6.07, 6.45) is 14.0. The molecule has 0 heterocycles. The minimum absolute atomic E-state index is 0.310. The molecule has 0 amide bonds. The van der Waals surface area contributed by atoms with Crippen LogP contribution in [0.25, 0.3) is 0 Å². The molecule has 9 heteroatoms. The molecule has 0 unspecified atom stereocenters. The van der Waals surface area contributed by atoms with Gasteiger partial charge in [-0.15, -0.1) is 0 Å². The molecule has 0 aliphatic rings. The van der Waals surface area contributed by atoms with Gasteiger partial charge in [-0.25, -0.2) is 8.42 Å². The van der Waals surface area contributed by atoms with Gasteiger partial charge in [0.15, 0.2) is 10.1 Å². The van der Waals surface area contributed by atoms with E-state index in [-0.39, 0.29) is 0 Å². The number of aliphatic hydroxyl groups excluding tert-OH is 1. The third-order valence-electron chi connectivity index (χ3n) is 4.11. The number of alkyl halides is 3.